The fourth-order valence-electron chi connectivity index (χ4n) is 3.15. The number of piperidine rings is 1. The number of rotatable bonds is 4. The summed E-state index contributed by atoms with van der Waals surface area (Å²) in [5.41, 5.74) is -0.136. The van der Waals surface area contributed by atoms with Crippen molar-refractivity contribution in [3.05, 3.63) is 35.0 Å². The predicted molar refractivity (Wildman–Crippen MR) is 98.0 cm³/mol. The lowest BCUT2D eigenvalue weighted by Gasteiger charge is -2.46. The van der Waals surface area contributed by atoms with Gasteiger partial charge in [-0.15, -0.1) is 17.9 Å². The SMILES string of the molecule is C=CCN1CC2(CCN(Cc3cccs3)CC2)OCC1=O.O=C(O)C(F)(F)F. The normalized spacial score (nSPS) is 19.8. The highest BCUT2D eigenvalue weighted by atomic mass is 32.1. The third-order valence-corrected chi connectivity index (χ3v) is 5.51. The monoisotopic (exact) mass is 420 g/mol. The van der Waals surface area contributed by atoms with Gasteiger partial charge in [-0.05, 0) is 24.3 Å². The Morgan fingerprint density at radius 1 is 1.39 bits per heavy atom. The van der Waals surface area contributed by atoms with Gasteiger partial charge in [-0.25, -0.2) is 4.79 Å². The topological polar surface area (TPSA) is 70.1 Å². The van der Waals surface area contributed by atoms with Gasteiger partial charge in [-0.1, -0.05) is 12.1 Å². The number of hydrogen-bond donors (Lipinski definition) is 1. The lowest BCUT2D eigenvalue weighted by Crippen LogP contribution is -2.58. The highest BCUT2D eigenvalue weighted by Gasteiger charge is 2.41. The lowest BCUT2D eigenvalue weighted by molar-refractivity contribution is -0.192. The first-order valence-electron chi connectivity index (χ1n) is 8.73. The van der Waals surface area contributed by atoms with Crippen LogP contribution in [-0.2, 0) is 20.9 Å². The van der Waals surface area contributed by atoms with Gasteiger partial charge in [-0.3, -0.25) is 9.69 Å². The molecule has 10 heteroatoms. The number of amides is 1. The van der Waals surface area contributed by atoms with E-state index in [2.05, 4.69) is 29.0 Å². The Bertz CT molecular complexity index is 671. The highest BCUT2D eigenvalue weighted by molar-refractivity contribution is 7.09. The zero-order valence-corrected chi connectivity index (χ0v) is 16.1. The number of ether oxygens (including phenoxy) is 1. The Morgan fingerprint density at radius 2 is 2.04 bits per heavy atom. The molecule has 0 unspecified atom stereocenters. The summed E-state index contributed by atoms with van der Waals surface area (Å²) < 4.78 is 37.7. The number of carboxylic acids is 1. The summed E-state index contributed by atoms with van der Waals surface area (Å²) >= 11 is 1.81. The smallest absolute Gasteiger partial charge is 0.475 e. The molecule has 2 fully saturated rings. The van der Waals surface area contributed by atoms with Crippen LogP contribution < -0.4 is 0 Å². The van der Waals surface area contributed by atoms with Gasteiger partial charge >= 0.3 is 12.1 Å². The molecule has 1 amide bonds. The Morgan fingerprint density at radius 3 is 2.54 bits per heavy atom. The molecule has 3 heterocycles. The van der Waals surface area contributed by atoms with Crippen LogP contribution in [-0.4, -0.2) is 71.3 Å². The van der Waals surface area contributed by atoms with Crippen molar-refractivity contribution in [3.8, 4) is 0 Å². The van der Waals surface area contributed by atoms with Crippen LogP contribution in [0.4, 0.5) is 13.2 Å². The number of halogens is 3. The van der Waals surface area contributed by atoms with E-state index in [0.717, 1.165) is 32.5 Å². The molecule has 2 aliphatic rings. The summed E-state index contributed by atoms with van der Waals surface area (Å²) in [7, 11) is 0. The maximum absolute atomic E-state index is 11.8. The van der Waals surface area contributed by atoms with Gasteiger partial charge in [-0.2, -0.15) is 13.2 Å². The Hall–Kier alpha value is -1.91. The number of aliphatic carboxylic acids is 1. The van der Waals surface area contributed by atoms with E-state index in [4.69, 9.17) is 14.6 Å². The van der Waals surface area contributed by atoms with Crippen molar-refractivity contribution in [2.24, 2.45) is 0 Å². The molecule has 1 N–H and O–H groups in total. The van der Waals surface area contributed by atoms with Crippen molar-refractivity contribution in [2.75, 3.05) is 32.8 Å². The van der Waals surface area contributed by atoms with E-state index in [1.807, 2.05) is 16.2 Å². The average molecular weight is 420 g/mol. The van der Waals surface area contributed by atoms with Crippen LogP contribution in [0.1, 0.15) is 17.7 Å². The van der Waals surface area contributed by atoms with Crippen molar-refractivity contribution < 1.29 is 32.6 Å². The largest absolute Gasteiger partial charge is 0.490 e. The van der Waals surface area contributed by atoms with Crippen molar-refractivity contribution in [3.63, 3.8) is 0 Å². The summed E-state index contributed by atoms with van der Waals surface area (Å²) in [6.45, 7) is 8.40. The van der Waals surface area contributed by atoms with Crippen LogP contribution >= 0.6 is 11.3 Å². The van der Waals surface area contributed by atoms with Crippen LogP contribution in [0.25, 0.3) is 0 Å². The van der Waals surface area contributed by atoms with Crippen molar-refractivity contribution in [1.29, 1.82) is 0 Å². The molecule has 0 saturated carbocycles. The summed E-state index contributed by atoms with van der Waals surface area (Å²) in [5.74, 6) is -2.67. The average Bonchev–Trinajstić information content (AvgIpc) is 3.14. The molecule has 156 valence electrons. The number of morpholine rings is 1. The van der Waals surface area contributed by atoms with Gasteiger partial charge < -0.3 is 14.7 Å². The predicted octanol–water partition coefficient (Wildman–Crippen LogP) is 2.76. The van der Waals surface area contributed by atoms with Crippen molar-refractivity contribution in [2.45, 2.75) is 31.2 Å². The number of carboxylic acid groups (broad SMARTS) is 1. The molecule has 1 aromatic rings. The summed E-state index contributed by atoms with van der Waals surface area (Å²) in [6.07, 6.45) is -1.29. The number of carbonyl (C=O) groups excluding carboxylic acids is 1. The number of likely N-dealkylation sites (tertiary alicyclic amines) is 1. The Labute approximate surface area is 165 Å². The number of alkyl halides is 3. The highest BCUT2D eigenvalue weighted by Crippen LogP contribution is 2.31. The van der Waals surface area contributed by atoms with Gasteiger partial charge in [0.1, 0.15) is 6.61 Å². The summed E-state index contributed by atoms with van der Waals surface area (Å²) in [6, 6.07) is 4.30. The quantitative estimate of drug-likeness (QED) is 0.759. The minimum Gasteiger partial charge on any atom is -0.475 e. The van der Waals surface area contributed by atoms with Gasteiger partial charge in [0.05, 0.1) is 12.1 Å². The van der Waals surface area contributed by atoms with Crippen molar-refractivity contribution >= 4 is 23.2 Å². The van der Waals surface area contributed by atoms with Gasteiger partial charge in [0.25, 0.3) is 0 Å². The standard InChI is InChI=1S/C16H22N2O2S.C2HF3O2/c1-2-7-18-13-16(20-12-15(18)19)5-8-17(9-6-16)11-14-4-3-10-21-14;3-2(4,5)1(6)7/h2-4,10H,1,5-9,11-13H2;(H,6,7). The molecule has 0 atom stereocenters. The second-order valence-electron chi connectivity index (χ2n) is 6.69. The third kappa shape index (κ3) is 6.32. The first kappa shape index (κ1) is 22.4. The fraction of sp³-hybridized carbons (Fsp3) is 0.556. The molecule has 2 saturated heterocycles. The molecule has 2 aliphatic heterocycles. The number of thiophene rings is 1. The minimum atomic E-state index is -5.08. The molecule has 0 aromatic carbocycles. The van der Waals surface area contributed by atoms with Crippen LogP contribution in [0.15, 0.2) is 30.2 Å². The molecular formula is C18H23F3N2O4S. The van der Waals surface area contributed by atoms with Crippen LogP contribution in [0.3, 0.4) is 0 Å². The fourth-order valence-corrected chi connectivity index (χ4v) is 3.90. The van der Waals surface area contributed by atoms with E-state index >= 15 is 0 Å². The maximum atomic E-state index is 11.8. The van der Waals surface area contributed by atoms with Crippen LogP contribution in [0.2, 0.25) is 0 Å². The zero-order valence-electron chi connectivity index (χ0n) is 15.3. The van der Waals surface area contributed by atoms with Gasteiger partial charge in [0.2, 0.25) is 5.91 Å². The van der Waals surface area contributed by atoms with Crippen LogP contribution in [0.5, 0.6) is 0 Å². The maximum Gasteiger partial charge on any atom is 0.490 e. The van der Waals surface area contributed by atoms with E-state index in [1.165, 1.54) is 4.88 Å². The Balaban J connectivity index is 0.000000345. The number of carbonyl (C=O) groups is 2. The van der Waals surface area contributed by atoms with Gasteiger partial charge in [0, 0.05) is 31.1 Å². The van der Waals surface area contributed by atoms with E-state index in [9.17, 15) is 18.0 Å². The molecule has 0 radical (unpaired) electrons. The van der Waals surface area contributed by atoms with E-state index in [1.54, 1.807) is 6.08 Å². The molecule has 6 nitrogen and oxygen atoms in total. The second kappa shape index (κ2) is 9.53. The lowest BCUT2D eigenvalue weighted by atomic mass is 9.89. The first-order chi connectivity index (χ1) is 13.1. The third-order valence-electron chi connectivity index (χ3n) is 4.65. The number of nitrogens with zero attached hydrogens (tertiary/aromatic N) is 2. The van der Waals surface area contributed by atoms with Gasteiger partial charge in [0.15, 0.2) is 0 Å². The number of hydrogen-bond acceptors (Lipinski definition) is 5. The first-order valence-corrected chi connectivity index (χ1v) is 9.61. The Kier molecular flexibility index (Phi) is 7.62. The summed E-state index contributed by atoms with van der Waals surface area (Å²) in [4.78, 5) is 26.5. The molecule has 1 aromatic heterocycles. The van der Waals surface area contributed by atoms with E-state index in [-0.39, 0.29) is 18.1 Å². The second-order valence-corrected chi connectivity index (χ2v) is 7.73. The minimum absolute atomic E-state index is 0.0848. The summed E-state index contributed by atoms with van der Waals surface area (Å²) in [5, 5.41) is 9.25. The molecule has 0 aliphatic carbocycles. The van der Waals surface area contributed by atoms with Crippen LogP contribution in [0, 0.1) is 0 Å². The molecule has 3 rings (SSSR count). The molecule has 28 heavy (non-hydrogen) atoms. The van der Waals surface area contributed by atoms with E-state index in [0.29, 0.717) is 13.1 Å². The molecule has 0 bridgehead atoms. The van der Waals surface area contributed by atoms with E-state index < -0.39 is 12.1 Å². The molecule has 1 spiro atoms. The van der Waals surface area contributed by atoms with Crippen molar-refractivity contribution in [1.82, 2.24) is 9.80 Å². The zero-order chi connectivity index (χ0) is 20.8. The molecular weight excluding hydrogens is 397 g/mol.